The van der Waals surface area contributed by atoms with Crippen LogP contribution in [0.3, 0.4) is 0 Å². The molecule has 1 N–H and O–H groups in total. The van der Waals surface area contributed by atoms with E-state index in [4.69, 9.17) is 11.6 Å². The van der Waals surface area contributed by atoms with Crippen molar-refractivity contribution in [2.24, 2.45) is 5.92 Å². The van der Waals surface area contributed by atoms with Gasteiger partial charge in [0.1, 0.15) is 0 Å². The first-order chi connectivity index (χ1) is 12.0. The van der Waals surface area contributed by atoms with Crippen LogP contribution in [0, 0.1) is 5.92 Å². The lowest BCUT2D eigenvalue weighted by molar-refractivity contribution is -0.937. The maximum absolute atomic E-state index is 6.14. The highest BCUT2D eigenvalue weighted by atomic mass is 35.5. The van der Waals surface area contributed by atoms with Gasteiger partial charge in [-0.1, -0.05) is 31.5 Å². The van der Waals surface area contributed by atoms with Crippen LogP contribution >= 0.6 is 11.6 Å². The van der Waals surface area contributed by atoms with Crippen LogP contribution in [0.4, 0.5) is 5.69 Å². The van der Waals surface area contributed by atoms with Crippen molar-refractivity contribution in [3.63, 3.8) is 0 Å². The van der Waals surface area contributed by atoms with Crippen molar-refractivity contribution in [2.45, 2.75) is 39.8 Å². The van der Waals surface area contributed by atoms with Crippen LogP contribution in [0.15, 0.2) is 24.3 Å². The van der Waals surface area contributed by atoms with Gasteiger partial charge in [0.05, 0.1) is 32.2 Å². The molecule has 1 aliphatic heterocycles. The van der Waals surface area contributed by atoms with Gasteiger partial charge in [0, 0.05) is 16.6 Å². The molecule has 1 aliphatic rings. The van der Waals surface area contributed by atoms with E-state index in [9.17, 15) is 0 Å². The number of anilines is 1. The van der Waals surface area contributed by atoms with Crippen molar-refractivity contribution in [1.29, 1.82) is 0 Å². The van der Waals surface area contributed by atoms with Gasteiger partial charge in [-0.2, -0.15) is 0 Å². The quantitative estimate of drug-likeness (QED) is 0.882. The molecule has 6 nitrogen and oxygen atoms in total. The Bertz CT molecular complexity index is 690. The molecule has 1 aromatic carbocycles. The Morgan fingerprint density at radius 1 is 1.12 bits per heavy atom. The van der Waals surface area contributed by atoms with E-state index in [1.807, 2.05) is 22.9 Å². The highest BCUT2D eigenvalue weighted by molar-refractivity contribution is 6.30. The second-order valence-electron chi connectivity index (χ2n) is 7.42. The molecule has 0 unspecified atom stereocenters. The van der Waals surface area contributed by atoms with Crippen LogP contribution in [-0.4, -0.2) is 46.4 Å². The SMILES string of the molecule is CC(C)[C@@H](c1nnnn1C(C)C)[NH+]1CCN(c2cccc(Cl)c2)CC1. The van der Waals surface area contributed by atoms with E-state index < -0.39 is 0 Å². The fourth-order valence-corrected chi connectivity index (χ4v) is 3.95. The average molecular weight is 364 g/mol. The molecule has 3 rings (SSSR count). The van der Waals surface area contributed by atoms with Crippen LogP contribution < -0.4 is 9.80 Å². The van der Waals surface area contributed by atoms with Crippen molar-refractivity contribution in [3.8, 4) is 0 Å². The second-order valence-corrected chi connectivity index (χ2v) is 7.86. The number of aromatic nitrogens is 4. The molecule has 1 atom stereocenters. The zero-order valence-corrected chi connectivity index (χ0v) is 16.2. The minimum absolute atomic E-state index is 0.276. The van der Waals surface area contributed by atoms with Crippen molar-refractivity contribution in [3.05, 3.63) is 35.1 Å². The summed E-state index contributed by atoms with van der Waals surface area (Å²) in [6.07, 6.45) is 0. The third kappa shape index (κ3) is 3.96. The van der Waals surface area contributed by atoms with Gasteiger partial charge in [0.25, 0.3) is 0 Å². The van der Waals surface area contributed by atoms with Crippen LogP contribution in [-0.2, 0) is 0 Å². The lowest BCUT2D eigenvalue weighted by Gasteiger charge is -2.38. The predicted molar refractivity (Wildman–Crippen MR) is 100 cm³/mol. The summed E-state index contributed by atoms with van der Waals surface area (Å²) in [6, 6.07) is 8.72. The van der Waals surface area contributed by atoms with Crippen LogP contribution in [0.1, 0.15) is 45.6 Å². The number of rotatable bonds is 5. The number of tetrazole rings is 1. The summed E-state index contributed by atoms with van der Waals surface area (Å²) in [5.74, 6) is 1.49. The number of halogens is 1. The molecule has 0 saturated carbocycles. The van der Waals surface area contributed by atoms with Gasteiger partial charge >= 0.3 is 0 Å². The van der Waals surface area contributed by atoms with Crippen molar-refractivity contribution in [2.75, 3.05) is 31.1 Å². The first kappa shape index (κ1) is 18.1. The van der Waals surface area contributed by atoms with E-state index in [1.54, 1.807) is 4.90 Å². The van der Waals surface area contributed by atoms with Crippen molar-refractivity contribution < 1.29 is 4.90 Å². The van der Waals surface area contributed by atoms with Gasteiger partial charge in [0.2, 0.25) is 5.82 Å². The van der Waals surface area contributed by atoms with Gasteiger partial charge in [-0.15, -0.1) is 5.10 Å². The summed E-state index contributed by atoms with van der Waals surface area (Å²) < 4.78 is 1.97. The highest BCUT2D eigenvalue weighted by Crippen LogP contribution is 2.21. The molecule has 0 amide bonds. The summed E-state index contributed by atoms with van der Waals surface area (Å²) in [5, 5.41) is 13.3. The lowest BCUT2D eigenvalue weighted by atomic mass is 10.0. The molecule has 0 spiro atoms. The minimum Gasteiger partial charge on any atom is -0.360 e. The van der Waals surface area contributed by atoms with Crippen LogP contribution in [0.5, 0.6) is 0 Å². The van der Waals surface area contributed by atoms with E-state index in [0.29, 0.717) is 12.0 Å². The van der Waals surface area contributed by atoms with E-state index in [2.05, 4.69) is 54.2 Å². The highest BCUT2D eigenvalue weighted by Gasteiger charge is 2.35. The maximum atomic E-state index is 6.14. The smallest absolute Gasteiger partial charge is 0.209 e. The number of hydrogen-bond donors (Lipinski definition) is 1. The molecule has 2 heterocycles. The zero-order chi connectivity index (χ0) is 18.0. The normalized spacial score (nSPS) is 17.5. The summed E-state index contributed by atoms with van der Waals surface area (Å²) in [6.45, 7) is 13.0. The van der Waals surface area contributed by atoms with Gasteiger partial charge in [-0.3, -0.25) is 0 Å². The topological polar surface area (TPSA) is 51.3 Å². The molecular formula is C18H28ClN6+. The Balaban J connectivity index is 1.74. The summed E-state index contributed by atoms with van der Waals surface area (Å²) in [5.41, 5.74) is 1.21. The number of nitrogens with one attached hydrogen (secondary N) is 1. The summed E-state index contributed by atoms with van der Waals surface area (Å²) in [4.78, 5) is 3.98. The first-order valence-corrected chi connectivity index (χ1v) is 9.48. The number of nitrogens with zero attached hydrogens (tertiary/aromatic N) is 5. The molecule has 25 heavy (non-hydrogen) atoms. The van der Waals surface area contributed by atoms with Crippen molar-refractivity contribution in [1.82, 2.24) is 20.2 Å². The molecule has 0 aliphatic carbocycles. The number of benzene rings is 1. The maximum Gasteiger partial charge on any atom is 0.209 e. The summed E-state index contributed by atoms with van der Waals surface area (Å²) >= 11 is 6.14. The van der Waals surface area contributed by atoms with Gasteiger partial charge in [-0.25, -0.2) is 4.68 Å². The second kappa shape index (κ2) is 7.70. The third-order valence-corrected chi connectivity index (χ3v) is 5.21. The van der Waals surface area contributed by atoms with E-state index >= 15 is 0 Å². The third-order valence-electron chi connectivity index (χ3n) is 4.97. The molecule has 7 heteroatoms. The zero-order valence-electron chi connectivity index (χ0n) is 15.5. The van der Waals surface area contributed by atoms with E-state index in [-0.39, 0.29) is 6.04 Å². The number of quaternary nitrogens is 1. The standard InChI is InChI=1S/C18H27ClN6/c1-13(2)17(18-20-21-22-25(18)14(3)4)24-10-8-23(9-11-24)16-7-5-6-15(19)12-16/h5-7,12-14,17H,8-11H2,1-4H3/p+1/t17-/m0/s1. The summed E-state index contributed by atoms with van der Waals surface area (Å²) in [7, 11) is 0. The van der Waals surface area contributed by atoms with Gasteiger partial charge in [-0.05, 0) is 42.5 Å². The fourth-order valence-electron chi connectivity index (χ4n) is 3.76. The molecule has 1 saturated heterocycles. The van der Waals surface area contributed by atoms with Gasteiger partial charge < -0.3 is 9.80 Å². The molecule has 0 radical (unpaired) electrons. The molecule has 1 aromatic heterocycles. The molecule has 136 valence electrons. The first-order valence-electron chi connectivity index (χ1n) is 9.10. The van der Waals surface area contributed by atoms with Crippen LogP contribution in [0.2, 0.25) is 5.02 Å². The lowest BCUT2D eigenvalue weighted by Crippen LogP contribution is -3.15. The Kier molecular flexibility index (Phi) is 5.59. The Hall–Kier alpha value is -1.66. The molecule has 1 fully saturated rings. The monoisotopic (exact) mass is 363 g/mol. The van der Waals surface area contributed by atoms with Gasteiger partial charge in [0.15, 0.2) is 6.04 Å². The predicted octanol–water partition coefficient (Wildman–Crippen LogP) is 2.01. The number of piperazine rings is 1. The minimum atomic E-state index is 0.276. The Morgan fingerprint density at radius 2 is 1.84 bits per heavy atom. The fraction of sp³-hybridized carbons (Fsp3) is 0.611. The molecule has 2 aromatic rings. The van der Waals surface area contributed by atoms with Crippen LogP contribution in [0.25, 0.3) is 0 Å². The molecular weight excluding hydrogens is 336 g/mol. The number of hydrogen-bond acceptors (Lipinski definition) is 4. The van der Waals surface area contributed by atoms with E-state index in [0.717, 1.165) is 37.0 Å². The van der Waals surface area contributed by atoms with E-state index in [1.165, 1.54) is 5.69 Å². The van der Waals surface area contributed by atoms with Crippen molar-refractivity contribution >= 4 is 17.3 Å². The average Bonchev–Trinajstić information content (AvgIpc) is 3.05. The molecule has 0 bridgehead atoms. The Morgan fingerprint density at radius 3 is 2.44 bits per heavy atom. The largest absolute Gasteiger partial charge is 0.360 e. The Labute approximate surface area is 154 Å².